The number of methoxy groups -OCH3 is 1. The number of carbonyl (C=O) groups excluding carboxylic acids is 3. The summed E-state index contributed by atoms with van der Waals surface area (Å²) in [5, 5.41) is 17.9. The molecule has 4 rings (SSSR count). The maximum absolute atomic E-state index is 13.9. The Balaban J connectivity index is 1.65. The van der Waals surface area contributed by atoms with E-state index in [1.54, 1.807) is 13.0 Å². The number of amides is 2. The second-order valence-electron chi connectivity index (χ2n) is 10.4. The lowest BCUT2D eigenvalue weighted by atomic mass is 9.86. The van der Waals surface area contributed by atoms with E-state index in [4.69, 9.17) is 14.5 Å². The van der Waals surface area contributed by atoms with Crippen LogP contribution < -0.4 is 16.2 Å². The molecule has 3 N–H and O–H groups in total. The first-order valence-corrected chi connectivity index (χ1v) is 14.0. The molecular formula is C30H37N5O8. The van der Waals surface area contributed by atoms with Gasteiger partial charge in [0.1, 0.15) is 6.61 Å². The van der Waals surface area contributed by atoms with Crippen LogP contribution in [-0.2, 0) is 37.8 Å². The van der Waals surface area contributed by atoms with Gasteiger partial charge in [-0.1, -0.05) is 25.1 Å². The molecule has 0 spiro atoms. The van der Waals surface area contributed by atoms with Gasteiger partial charge in [0, 0.05) is 36.1 Å². The minimum atomic E-state index is -2.09. The first-order valence-electron chi connectivity index (χ1n) is 14.0. The summed E-state index contributed by atoms with van der Waals surface area (Å²) in [6, 6.07) is 11.1. The minimum absolute atomic E-state index is 0.0338. The van der Waals surface area contributed by atoms with Gasteiger partial charge in [-0.15, -0.1) is 0 Å². The molecule has 1 atom stereocenters. The quantitative estimate of drug-likeness (QED) is 0.163. The van der Waals surface area contributed by atoms with Crippen LogP contribution in [0.5, 0.6) is 0 Å². The molecule has 1 aromatic carbocycles. The van der Waals surface area contributed by atoms with E-state index < -0.39 is 35.9 Å². The van der Waals surface area contributed by atoms with Gasteiger partial charge in [0.15, 0.2) is 5.60 Å². The fourth-order valence-corrected chi connectivity index (χ4v) is 4.90. The predicted molar refractivity (Wildman–Crippen MR) is 157 cm³/mol. The zero-order valence-corrected chi connectivity index (χ0v) is 24.8. The number of likely N-dealkylation sites (N-methyl/N-ethyl adjacent to an activating group) is 1. The lowest BCUT2D eigenvalue weighted by molar-refractivity contribution is -0.141. The highest BCUT2D eigenvalue weighted by Crippen LogP contribution is 2.36. The zero-order valence-electron chi connectivity index (χ0n) is 24.8. The predicted octanol–water partition coefficient (Wildman–Crippen LogP) is 2.10. The van der Waals surface area contributed by atoms with Crippen molar-refractivity contribution in [1.82, 2.24) is 25.1 Å². The number of benzene rings is 1. The largest absolute Gasteiger partial charge is 0.508 e. The number of para-hydroxylation sites is 1. The van der Waals surface area contributed by atoms with Crippen molar-refractivity contribution in [3.63, 3.8) is 0 Å². The Morgan fingerprint density at radius 2 is 1.88 bits per heavy atom. The molecule has 1 aliphatic rings. The summed E-state index contributed by atoms with van der Waals surface area (Å²) in [6.45, 7) is 2.31. The van der Waals surface area contributed by atoms with Crippen LogP contribution >= 0.6 is 0 Å². The molecule has 0 saturated carbocycles. The van der Waals surface area contributed by atoms with Gasteiger partial charge in [0.05, 0.1) is 42.7 Å². The van der Waals surface area contributed by atoms with Crippen LogP contribution in [0.15, 0.2) is 41.2 Å². The van der Waals surface area contributed by atoms with Crippen molar-refractivity contribution in [2.45, 2.75) is 38.5 Å². The summed E-state index contributed by atoms with van der Waals surface area (Å²) in [6.07, 6.45) is -1.39. The summed E-state index contributed by atoms with van der Waals surface area (Å²) < 4.78 is 16.3. The number of hydrogen-bond acceptors (Lipinski definition) is 10. The Bertz CT molecular complexity index is 1570. The van der Waals surface area contributed by atoms with Crippen LogP contribution in [-0.4, -0.2) is 85.2 Å². The van der Waals surface area contributed by atoms with Gasteiger partial charge < -0.3 is 39.4 Å². The van der Waals surface area contributed by atoms with Crippen molar-refractivity contribution in [3.05, 3.63) is 63.4 Å². The summed E-state index contributed by atoms with van der Waals surface area (Å²) in [5.41, 5.74) is -0.0261. The lowest BCUT2D eigenvalue weighted by Gasteiger charge is -2.29. The molecule has 230 valence electrons. The second kappa shape index (κ2) is 13.7. The van der Waals surface area contributed by atoms with E-state index >= 15 is 0 Å². The molecule has 0 bridgehead atoms. The molecule has 0 aliphatic carbocycles. The van der Waals surface area contributed by atoms with Crippen LogP contribution in [0.1, 0.15) is 36.5 Å². The third-order valence-corrected chi connectivity index (χ3v) is 7.28. The standard InChI is InChI=1S/C30H37N5O8/c1-5-30(40,27(37)31-12-13-34(2)3)22-16-24-25-20(15-19-9-6-7-10-23(19)33-25)17-35(24)26(36)21(22)18-43-29(39)42-14-8-11-32-28(38)41-4/h6-7,9-10,15-16,40H,5,8,11-14,17-18H2,1-4H3,(H,31,37)(H,32,38)/t30-/m0/s1. The number of ether oxygens (including phenoxy) is 3. The van der Waals surface area contributed by atoms with Crippen molar-refractivity contribution < 1.29 is 33.7 Å². The second-order valence-corrected chi connectivity index (χ2v) is 10.4. The number of pyridine rings is 2. The van der Waals surface area contributed by atoms with E-state index in [0.29, 0.717) is 24.4 Å². The Morgan fingerprint density at radius 1 is 1.12 bits per heavy atom. The first kappa shape index (κ1) is 31.4. The fourth-order valence-electron chi connectivity index (χ4n) is 4.90. The van der Waals surface area contributed by atoms with Gasteiger partial charge in [-0.3, -0.25) is 9.59 Å². The number of fused-ring (bicyclic) bond motifs is 4. The van der Waals surface area contributed by atoms with E-state index in [1.807, 2.05) is 49.3 Å². The molecule has 3 heterocycles. The van der Waals surface area contributed by atoms with Crippen molar-refractivity contribution in [1.29, 1.82) is 0 Å². The molecule has 1 aliphatic heterocycles. The third kappa shape index (κ3) is 6.95. The Labute approximate surface area is 248 Å². The van der Waals surface area contributed by atoms with E-state index in [9.17, 15) is 24.3 Å². The Kier molecular flexibility index (Phi) is 9.99. The SMILES string of the molecule is CC[C@@](O)(C(=O)NCCN(C)C)c1cc2n(c(=O)c1COC(=O)OCCCNC(=O)OC)Cc1cc3ccccc3nc1-2. The molecule has 0 fully saturated rings. The normalized spacial score (nSPS) is 13.2. The van der Waals surface area contributed by atoms with Crippen LogP contribution in [0.3, 0.4) is 0 Å². The maximum atomic E-state index is 13.9. The van der Waals surface area contributed by atoms with Crippen LogP contribution in [0.25, 0.3) is 22.3 Å². The number of aliphatic hydroxyl groups is 1. The summed E-state index contributed by atoms with van der Waals surface area (Å²) in [7, 11) is 4.96. The van der Waals surface area contributed by atoms with Gasteiger partial charge in [-0.25, -0.2) is 14.6 Å². The number of alkyl carbamates (subject to hydrolysis) is 1. The van der Waals surface area contributed by atoms with Crippen LogP contribution in [0, 0.1) is 0 Å². The van der Waals surface area contributed by atoms with Crippen molar-refractivity contribution in [3.8, 4) is 11.4 Å². The molecule has 3 aromatic rings. The highest BCUT2D eigenvalue weighted by Gasteiger charge is 2.41. The average Bonchev–Trinajstić information content (AvgIpc) is 3.35. The van der Waals surface area contributed by atoms with E-state index in [-0.39, 0.29) is 43.8 Å². The van der Waals surface area contributed by atoms with Gasteiger partial charge in [0.25, 0.3) is 11.5 Å². The van der Waals surface area contributed by atoms with Crippen molar-refractivity contribution in [2.75, 3.05) is 47.4 Å². The maximum Gasteiger partial charge on any atom is 0.508 e. The lowest BCUT2D eigenvalue weighted by Crippen LogP contribution is -2.47. The zero-order chi connectivity index (χ0) is 31.1. The van der Waals surface area contributed by atoms with E-state index in [0.717, 1.165) is 16.5 Å². The molecular weight excluding hydrogens is 558 g/mol. The van der Waals surface area contributed by atoms with Crippen LogP contribution in [0.2, 0.25) is 0 Å². The molecule has 13 heteroatoms. The van der Waals surface area contributed by atoms with Crippen molar-refractivity contribution >= 4 is 29.1 Å². The number of aromatic nitrogens is 2. The first-order chi connectivity index (χ1) is 20.6. The molecule has 0 saturated heterocycles. The minimum Gasteiger partial charge on any atom is -0.453 e. The smallest absolute Gasteiger partial charge is 0.453 e. The third-order valence-electron chi connectivity index (χ3n) is 7.28. The number of hydrogen-bond donors (Lipinski definition) is 3. The van der Waals surface area contributed by atoms with Gasteiger partial charge in [-0.2, -0.15) is 0 Å². The number of nitrogens with zero attached hydrogens (tertiary/aromatic N) is 3. The molecule has 13 nitrogen and oxygen atoms in total. The molecule has 0 unspecified atom stereocenters. The molecule has 2 amide bonds. The molecule has 43 heavy (non-hydrogen) atoms. The Hall–Kier alpha value is -4.49. The highest BCUT2D eigenvalue weighted by molar-refractivity contribution is 5.88. The van der Waals surface area contributed by atoms with Gasteiger partial charge in [-0.05, 0) is 45.1 Å². The number of carbonyl (C=O) groups is 3. The fraction of sp³-hybridized carbons (Fsp3) is 0.433. The summed E-state index contributed by atoms with van der Waals surface area (Å²) >= 11 is 0. The van der Waals surface area contributed by atoms with Gasteiger partial charge >= 0.3 is 12.2 Å². The highest BCUT2D eigenvalue weighted by atomic mass is 16.7. The molecule has 0 radical (unpaired) electrons. The number of nitrogens with one attached hydrogen (secondary N) is 2. The van der Waals surface area contributed by atoms with E-state index in [2.05, 4.69) is 15.4 Å². The summed E-state index contributed by atoms with van der Waals surface area (Å²) in [5.74, 6) is -0.673. The molecule has 2 aromatic heterocycles. The summed E-state index contributed by atoms with van der Waals surface area (Å²) in [4.78, 5) is 57.5. The number of rotatable bonds is 12. The van der Waals surface area contributed by atoms with Gasteiger partial charge in [0.2, 0.25) is 0 Å². The van der Waals surface area contributed by atoms with Crippen LogP contribution in [0.4, 0.5) is 9.59 Å². The topological polar surface area (TPSA) is 161 Å². The Morgan fingerprint density at radius 3 is 2.60 bits per heavy atom. The van der Waals surface area contributed by atoms with Crippen molar-refractivity contribution in [2.24, 2.45) is 0 Å². The average molecular weight is 596 g/mol. The van der Waals surface area contributed by atoms with E-state index in [1.165, 1.54) is 11.7 Å². The monoisotopic (exact) mass is 595 g/mol.